The van der Waals surface area contributed by atoms with Crippen LogP contribution >= 0.6 is 22.7 Å². The highest BCUT2D eigenvalue weighted by Crippen LogP contribution is 2.35. The second-order valence-electron chi connectivity index (χ2n) is 4.70. The van der Waals surface area contributed by atoms with Gasteiger partial charge in [-0.15, -0.1) is 22.7 Å². The average molecular weight is 287 g/mol. The van der Waals surface area contributed by atoms with Gasteiger partial charge in [0.1, 0.15) is 0 Å². The Kier molecular flexibility index (Phi) is 3.69. The van der Waals surface area contributed by atoms with Gasteiger partial charge in [-0.1, -0.05) is 36.8 Å². The summed E-state index contributed by atoms with van der Waals surface area (Å²) in [5.74, 6) is 0. The van der Waals surface area contributed by atoms with Gasteiger partial charge in [-0.3, -0.25) is 0 Å². The Bertz CT molecular complexity index is 635. The first-order valence-electron chi connectivity index (χ1n) is 6.55. The van der Waals surface area contributed by atoms with Crippen molar-refractivity contribution in [2.24, 2.45) is 0 Å². The molecule has 0 bridgehead atoms. The minimum Gasteiger partial charge on any atom is -0.306 e. The standard InChI is InChI=1S/C16H17NS2/c1-3-17-16(12-6-4-11(2)5-7-12)15-10-14-13(19-15)8-9-18-14/h4-10,16-17H,3H2,1-2H3. The van der Waals surface area contributed by atoms with Crippen molar-refractivity contribution in [3.05, 3.63) is 57.8 Å². The summed E-state index contributed by atoms with van der Waals surface area (Å²) in [7, 11) is 0. The zero-order valence-corrected chi connectivity index (χ0v) is 12.8. The van der Waals surface area contributed by atoms with Crippen molar-refractivity contribution >= 4 is 32.1 Å². The first-order valence-corrected chi connectivity index (χ1v) is 8.24. The molecule has 0 saturated carbocycles. The lowest BCUT2D eigenvalue weighted by Gasteiger charge is -2.17. The molecule has 0 saturated heterocycles. The van der Waals surface area contributed by atoms with E-state index in [0.717, 1.165) is 6.54 Å². The molecule has 1 unspecified atom stereocenters. The van der Waals surface area contributed by atoms with Crippen molar-refractivity contribution in [1.29, 1.82) is 0 Å². The number of rotatable bonds is 4. The number of aryl methyl sites for hydroxylation is 1. The van der Waals surface area contributed by atoms with E-state index in [1.165, 1.54) is 25.4 Å². The third kappa shape index (κ3) is 2.59. The van der Waals surface area contributed by atoms with Crippen LogP contribution in [0.15, 0.2) is 41.8 Å². The van der Waals surface area contributed by atoms with Gasteiger partial charge in [0.25, 0.3) is 0 Å². The van der Waals surface area contributed by atoms with Crippen LogP contribution in [-0.4, -0.2) is 6.54 Å². The fourth-order valence-electron chi connectivity index (χ4n) is 2.27. The molecule has 98 valence electrons. The second kappa shape index (κ2) is 5.45. The van der Waals surface area contributed by atoms with Crippen LogP contribution in [0.4, 0.5) is 0 Å². The highest BCUT2D eigenvalue weighted by atomic mass is 32.1. The third-order valence-corrected chi connectivity index (χ3v) is 5.42. The van der Waals surface area contributed by atoms with Gasteiger partial charge in [0, 0.05) is 14.3 Å². The molecule has 2 heterocycles. The number of nitrogens with one attached hydrogen (secondary N) is 1. The van der Waals surface area contributed by atoms with E-state index in [2.05, 4.69) is 60.9 Å². The van der Waals surface area contributed by atoms with E-state index in [4.69, 9.17) is 0 Å². The number of hydrogen-bond donors (Lipinski definition) is 1. The Morgan fingerprint density at radius 2 is 1.89 bits per heavy atom. The van der Waals surface area contributed by atoms with Crippen LogP contribution in [0, 0.1) is 6.92 Å². The number of fused-ring (bicyclic) bond motifs is 1. The van der Waals surface area contributed by atoms with Crippen LogP contribution in [0.3, 0.4) is 0 Å². The van der Waals surface area contributed by atoms with Gasteiger partial charge >= 0.3 is 0 Å². The molecule has 0 aliphatic carbocycles. The normalized spacial score (nSPS) is 12.9. The van der Waals surface area contributed by atoms with Gasteiger partial charge in [-0.25, -0.2) is 0 Å². The van der Waals surface area contributed by atoms with E-state index in [-0.39, 0.29) is 0 Å². The largest absolute Gasteiger partial charge is 0.306 e. The second-order valence-corrected chi connectivity index (χ2v) is 6.76. The number of hydrogen-bond acceptors (Lipinski definition) is 3. The van der Waals surface area contributed by atoms with Crippen LogP contribution in [0.25, 0.3) is 9.40 Å². The lowest BCUT2D eigenvalue weighted by molar-refractivity contribution is 0.640. The molecule has 0 spiro atoms. The Morgan fingerprint density at radius 3 is 2.58 bits per heavy atom. The maximum Gasteiger partial charge on any atom is 0.0671 e. The fraction of sp³-hybridized carbons (Fsp3) is 0.250. The van der Waals surface area contributed by atoms with Crippen LogP contribution in [-0.2, 0) is 0 Å². The molecule has 3 heteroatoms. The van der Waals surface area contributed by atoms with Crippen molar-refractivity contribution in [1.82, 2.24) is 5.32 Å². The summed E-state index contributed by atoms with van der Waals surface area (Å²) in [6.45, 7) is 5.27. The molecular weight excluding hydrogens is 270 g/mol. The molecule has 0 amide bonds. The Morgan fingerprint density at radius 1 is 1.11 bits per heavy atom. The summed E-state index contributed by atoms with van der Waals surface area (Å²) >= 11 is 3.72. The summed E-state index contributed by atoms with van der Waals surface area (Å²) in [5, 5.41) is 5.77. The maximum absolute atomic E-state index is 3.60. The molecule has 19 heavy (non-hydrogen) atoms. The highest BCUT2D eigenvalue weighted by molar-refractivity contribution is 7.27. The topological polar surface area (TPSA) is 12.0 Å². The van der Waals surface area contributed by atoms with E-state index in [9.17, 15) is 0 Å². The van der Waals surface area contributed by atoms with Crippen LogP contribution < -0.4 is 5.32 Å². The van der Waals surface area contributed by atoms with Crippen molar-refractivity contribution < 1.29 is 0 Å². The first-order chi connectivity index (χ1) is 9.28. The molecule has 1 N–H and O–H groups in total. The minimum atomic E-state index is 0.315. The van der Waals surface area contributed by atoms with E-state index in [1.54, 1.807) is 0 Å². The minimum absolute atomic E-state index is 0.315. The summed E-state index contributed by atoms with van der Waals surface area (Å²) < 4.78 is 2.80. The molecule has 0 radical (unpaired) electrons. The Labute approximate surface area is 121 Å². The van der Waals surface area contributed by atoms with Gasteiger partial charge in [0.15, 0.2) is 0 Å². The van der Waals surface area contributed by atoms with Gasteiger partial charge in [0.2, 0.25) is 0 Å². The van der Waals surface area contributed by atoms with Gasteiger partial charge in [-0.05, 0) is 36.5 Å². The van der Waals surface area contributed by atoms with Crippen molar-refractivity contribution in [3.8, 4) is 0 Å². The SMILES string of the molecule is CCNC(c1ccc(C)cc1)c1cc2sccc2s1. The molecule has 0 aliphatic rings. The quantitative estimate of drug-likeness (QED) is 0.714. The molecule has 2 aromatic heterocycles. The van der Waals surface area contributed by atoms with E-state index in [0.29, 0.717) is 6.04 Å². The van der Waals surface area contributed by atoms with E-state index < -0.39 is 0 Å². The Balaban J connectivity index is 2.00. The summed E-state index contributed by atoms with van der Waals surface area (Å²) in [4.78, 5) is 1.41. The molecule has 3 aromatic rings. The molecule has 1 nitrogen and oxygen atoms in total. The summed E-state index contributed by atoms with van der Waals surface area (Å²) in [6.07, 6.45) is 0. The van der Waals surface area contributed by atoms with E-state index >= 15 is 0 Å². The van der Waals surface area contributed by atoms with Gasteiger partial charge in [-0.2, -0.15) is 0 Å². The number of benzene rings is 1. The smallest absolute Gasteiger partial charge is 0.0671 e. The summed E-state index contributed by atoms with van der Waals surface area (Å²) in [5.41, 5.74) is 2.66. The average Bonchev–Trinajstić information content (AvgIpc) is 2.98. The van der Waals surface area contributed by atoms with Crippen LogP contribution in [0.5, 0.6) is 0 Å². The first kappa shape index (κ1) is 12.9. The van der Waals surface area contributed by atoms with Gasteiger partial charge < -0.3 is 5.32 Å². The molecule has 1 atom stereocenters. The zero-order valence-electron chi connectivity index (χ0n) is 11.1. The monoisotopic (exact) mass is 287 g/mol. The summed E-state index contributed by atoms with van der Waals surface area (Å²) in [6, 6.07) is 13.7. The lowest BCUT2D eigenvalue weighted by atomic mass is 10.0. The van der Waals surface area contributed by atoms with Crippen molar-refractivity contribution in [2.45, 2.75) is 19.9 Å². The van der Waals surface area contributed by atoms with Gasteiger partial charge in [0.05, 0.1) is 6.04 Å². The molecule has 1 aromatic carbocycles. The fourth-order valence-corrected chi connectivity index (χ4v) is 4.50. The predicted molar refractivity (Wildman–Crippen MR) is 86.4 cm³/mol. The third-order valence-electron chi connectivity index (χ3n) is 3.26. The Hall–Kier alpha value is -1.16. The predicted octanol–water partition coefficient (Wildman–Crippen LogP) is 4.97. The van der Waals surface area contributed by atoms with Crippen LogP contribution in [0.2, 0.25) is 0 Å². The van der Waals surface area contributed by atoms with E-state index in [1.807, 2.05) is 22.7 Å². The number of thiophene rings is 2. The molecular formula is C16H17NS2. The van der Waals surface area contributed by atoms with Crippen molar-refractivity contribution in [2.75, 3.05) is 6.54 Å². The zero-order chi connectivity index (χ0) is 13.2. The van der Waals surface area contributed by atoms with Crippen LogP contribution in [0.1, 0.15) is 29.0 Å². The molecule has 0 aliphatic heterocycles. The maximum atomic E-state index is 3.60. The van der Waals surface area contributed by atoms with Crippen molar-refractivity contribution in [3.63, 3.8) is 0 Å². The molecule has 0 fully saturated rings. The highest BCUT2D eigenvalue weighted by Gasteiger charge is 2.16. The lowest BCUT2D eigenvalue weighted by Crippen LogP contribution is -2.20. The molecule has 3 rings (SSSR count).